The monoisotopic (exact) mass is 313 g/mol. The van der Waals surface area contributed by atoms with Gasteiger partial charge in [-0.05, 0) is 43.0 Å². The van der Waals surface area contributed by atoms with E-state index in [1.54, 1.807) is 36.5 Å². The lowest BCUT2D eigenvalue weighted by atomic mass is 9.98. The number of hydrogen-bond acceptors (Lipinski definition) is 3. The number of nitrogens with one attached hydrogen (secondary N) is 1. The van der Waals surface area contributed by atoms with E-state index in [0.29, 0.717) is 23.0 Å². The molecule has 23 heavy (non-hydrogen) atoms. The molecule has 1 saturated heterocycles. The first-order valence-electron chi connectivity index (χ1n) is 7.91. The van der Waals surface area contributed by atoms with Crippen LogP contribution in [0.5, 0.6) is 0 Å². The third-order valence-corrected chi connectivity index (χ3v) is 4.24. The van der Waals surface area contributed by atoms with Crippen molar-refractivity contribution >= 4 is 17.4 Å². The van der Waals surface area contributed by atoms with Crippen molar-refractivity contribution in [3.8, 4) is 0 Å². The summed E-state index contributed by atoms with van der Waals surface area (Å²) in [6.45, 7) is 3.72. The molecule has 1 aromatic carbocycles. The van der Waals surface area contributed by atoms with Crippen molar-refractivity contribution in [1.82, 2.24) is 9.88 Å². The lowest BCUT2D eigenvalue weighted by molar-refractivity contribution is 0.0698. The highest BCUT2D eigenvalue weighted by atomic mass is 19.1. The van der Waals surface area contributed by atoms with Crippen LogP contribution in [0.1, 0.15) is 30.1 Å². The van der Waals surface area contributed by atoms with Crippen LogP contribution in [-0.4, -0.2) is 28.9 Å². The van der Waals surface area contributed by atoms with E-state index in [-0.39, 0.29) is 11.7 Å². The molecule has 0 spiro atoms. The van der Waals surface area contributed by atoms with Crippen molar-refractivity contribution in [1.29, 1.82) is 0 Å². The third-order valence-electron chi connectivity index (χ3n) is 4.24. The van der Waals surface area contributed by atoms with Gasteiger partial charge in [0, 0.05) is 19.3 Å². The van der Waals surface area contributed by atoms with E-state index >= 15 is 0 Å². The highest BCUT2D eigenvalue weighted by Gasteiger charge is 2.23. The number of anilines is 2. The molecule has 2 heterocycles. The molecule has 0 radical (unpaired) electrons. The molecule has 1 fully saturated rings. The molecule has 3 rings (SSSR count). The molecule has 0 bridgehead atoms. The summed E-state index contributed by atoms with van der Waals surface area (Å²) >= 11 is 0. The van der Waals surface area contributed by atoms with Gasteiger partial charge >= 0.3 is 0 Å². The fourth-order valence-corrected chi connectivity index (χ4v) is 2.75. The zero-order valence-electron chi connectivity index (χ0n) is 13.1. The lowest BCUT2D eigenvalue weighted by Gasteiger charge is -2.30. The molecule has 1 aromatic heterocycles. The Morgan fingerprint density at radius 3 is 2.70 bits per heavy atom. The summed E-state index contributed by atoms with van der Waals surface area (Å²) in [7, 11) is 0. The summed E-state index contributed by atoms with van der Waals surface area (Å²) in [6, 6.07) is 9.82. The van der Waals surface area contributed by atoms with Gasteiger partial charge < -0.3 is 10.2 Å². The van der Waals surface area contributed by atoms with Crippen LogP contribution in [0.15, 0.2) is 42.6 Å². The summed E-state index contributed by atoms with van der Waals surface area (Å²) < 4.78 is 13.8. The minimum atomic E-state index is -0.372. The Bertz CT molecular complexity index is 696. The van der Waals surface area contributed by atoms with E-state index in [4.69, 9.17) is 0 Å². The second-order valence-corrected chi connectivity index (χ2v) is 5.98. The maximum Gasteiger partial charge on any atom is 0.257 e. The molecule has 2 aromatic rings. The molecule has 0 saturated carbocycles. The zero-order valence-corrected chi connectivity index (χ0v) is 13.1. The van der Waals surface area contributed by atoms with Crippen molar-refractivity contribution in [3.63, 3.8) is 0 Å². The molecule has 5 heteroatoms. The molecule has 0 atom stereocenters. The Labute approximate surface area is 135 Å². The predicted octanol–water partition coefficient (Wildman–Crippen LogP) is 3.84. The Kier molecular flexibility index (Phi) is 4.55. The molecule has 1 amide bonds. The Balaban J connectivity index is 1.83. The lowest BCUT2D eigenvalue weighted by Crippen LogP contribution is -2.38. The quantitative estimate of drug-likeness (QED) is 0.936. The van der Waals surface area contributed by atoms with Crippen LogP contribution < -0.4 is 5.32 Å². The van der Waals surface area contributed by atoms with Gasteiger partial charge in [0.2, 0.25) is 0 Å². The van der Waals surface area contributed by atoms with Gasteiger partial charge in [-0.3, -0.25) is 4.79 Å². The average molecular weight is 313 g/mol. The van der Waals surface area contributed by atoms with Crippen molar-refractivity contribution in [2.75, 3.05) is 18.4 Å². The number of likely N-dealkylation sites (tertiary alicyclic amines) is 1. The number of benzene rings is 1. The topological polar surface area (TPSA) is 45.2 Å². The highest BCUT2D eigenvalue weighted by Crippen LogP contribution is 2.24. The second-order valence-electron chi connectivity index (χ2n) is 5.98. The van der Waals surface area contributed by atoms with Gasteiger partial charge in [-0.15, -0.1) is 0 Å². The number of nitrogens with zero attached hydrogens (tertiary/aromatic N) is 2. The van der Waals surface area contributed by atoms with Crippen LogP contribution in [0.3, 0.4) is 0 Å². The third kappa shape index (κ3) is 3.50. The first kappa shape index (κ1) is 15.5. The largest absolute Gasteiger partial charge is 0.339 e. The van der Waals surface area contributed by atoms with E-state index in [0.717, 1.165) is 25.9 Å². The maximum atomic E-state index is 13.8. The molecule has 1 N–H and O–H groups in total. The number of rotatable bonds is 3. The number of pyridine rings is 1. The summed E-state index contributed by atoms with van der Waals surface area (Å²) in [5, 5.41) is 2.94. The molecule has 1 aliphatic heterocycles. The maximum absolute atomic E-state index is 13.8. The normalized spacial score (nSPS) is 15.5. The van der Waals surface area contributed by atoms with Gasteiger partial charge in [0.1, 0.15) is 11.6 Å². The standard InChI is InChI=1S/C18H20FN3O/c1-13-8-11-22(12-9-13)18(23)14-5-4-10-20-17(14)21-16-7-3-2-6-15(16)19/h2-7,10,13H,8-9,11-12H2,1H3,(H,20,21). The molecule has 0 aliphatic carbocycles. The van der Waals surface area contributed by atoms with Crippen LogP contribution in [0, 0.1) is 11.7 Å². The number of piperidine rings is 1. The van der Waals surface area contributed by atoms with Crippen LogP contribution in [-0.2, 0) is 0 Å². The van der Waals surface area contributed by atoms with E-state index in [1.807, 2.05) is 4.90 Å². The number of aromatic nitrogens is 1. The summed E-state index contributed by atoms with van der Waals surface area (Å²) in [4.78, 5) is 18.8. The fraction of sp³-hybridized carbons (Fsp3) is 0.333. The molecule has 4 nitrogen and oxygen atoms in total. The molecule has 120 valence electrons. The minimum Gasteiger partial charge on any atom is -0.339 e. The molecule has 0 unspecified atom stereocenters. The Morgan fingerprint density at radius 2 is 1.96 bits per heavy atom. The summed E-state index contributed by atoms with van der Waals surface area (Å²) in [5.41, 5.74) is 0.790. The highest BCUT2D eigenvalue weighted by molar-refractivity contribution is 5.99. The zero-order chi connectivity index (χ0) is 16.2. The number of halogens is 1. The average Bonchev–Trinajstić information content (AvgIpc) is 2.57. The van der Waals surface area contributed by atoms with Crippen molar-refractivity contribution in [3.05, 3.63) is 54.0 Å². The van der Waals surface area contributed by atoms with Crippen molar-refractivity contribution < 1.29 is 9.18 Å². The summed E-state index contributed by atoms with van der Waals surface area (Å²) in [5.74, 6) is 0.623. The Hall–Kier alpha value is -2.43. The first-order chi connectivity index (χ1) is 11.1. The van der Waals surface area contributed by atoms with Gasteiger partial charge in [0.25, 0.3) is 5.91 Å². The SMILES string of the molecule is CC1CCN(C(=O)c2cccnc2Nc2ccccc2F)CC1. The number of amides is 1. The van der Waals surface area contributed by atoms with Gasteiger partial charge in [0.05, 0.1) is 11.3 Å². The van der Waals surface area contributed by atoms with E-state index in [2.05, 4.69) is 17.2 Å². The molecular weight excluding hydrogens is 293 g/mol. The number of carbonyl (C=O) groups is 1. The van der Waals surface area contributed by atoms with E-state index in [1.165, 1.54) is 6.07 Å². The smallest absolute Gasteiger partial charge is 0.257 e. The van der Waals surface area contributed by atoms with Crippen LogP contribution in [0.25, 0.3) is 0 Å². The number of para-hydroxylation sites is 1. The van der Waals surface area contributed by atoms with Crippen LogP contribution in [0.4, 0.5) is 15.9 Å². The number of hydrogen-bond donors (Lipinski definition) is 1. The predicted molar refractivity (Wildman–Crippen MR) is 88.2 cm³/mol. The number of carbonyl (C=O) groups excluding carboxylic acids is 1. The van der Waals surface area contributed by atoms with Gasteiger partial charge in [-0.1, -0.05) is 19.1 Å². The molecular formula is C18H20FN3O. The van der Waals surface area contributed by atoms with Gasteiger partial charge in [0.15, 0.2) is 0 Å². The molecule has 1 aliphatic rings. The van der Waals surface area contributed by atoms with Crippen LogP contribution in [0.2, 0.25) is 0 Å². The van der Waals surface area contributed by atoms with Crippen LogP contribution >= 0.6 is 0 Å². The van der Waals surface area contributed by atoms with E-state index in [9.17, 15) is 9.18 Å². The summed E-state index contributed by atoms with van der Waals surface area (Å²) in [6.07, 6.45) is 3.63. The van der Waals surface area contributed by atoms with Crippen molar-refractivity contribution in [2.45, 2.75) is 19.8 Å². The van der Waals surface area contributed by atoms with Crippen molar-refractivity contribution in [2.24, 2.45) is 5.92 Å². The first-order valence-corrected chi connectivity index (χ1v) is 7.91. The van der Waals surface area contributed by atoms with E-state index < -0.39 is 0 Å². The second kappa shape index (κ2) is 6.77. The van der Waals surface area contributed by atoms with Gasteiger partial charge in [-0.25, -0.2) is 9.37 Å². The fourth-order valence-electron chi connectivity index (χ4n) is 2.75. The Morgan fingerprint density at radius 1 is 1.22 bits per heavy atom. The minimum absolute atomic E-state index is 0.0520. The van der Waals surface area contributed by atoms with Gasteiger partial charge in [-0.2, -0.15) is 0 Å².